The molecule has 1 aromatic carbocycles. The summed E-state index contributed by atoms with van der Waals surface area (Å²) in [5.41, 5.74) is 0.440. The van der Waals surface area contributed by atoms with E-state index < -0.39 is 5.82 Å². The third kappa shape index (κ3) is 4.32. The predicted octanol–water partition coefficient (Wildman–Crippen LogP) is 4.81. The highest BCUT2D eigenvalue weighted by atomic mass is 79.9. The van der Waals surface area contributed by atoms with E-state index in [1.54, 1.807) is 0 Å². The fraction of sp³-hybridized carbons (Fsp3) is 0.571. The van der Waals surface area contributed by atoms with Crippen LogP contribution in [-0.4, -0.2) is 6.54 Å². The highest BCUT2D eigenvalue weighted by Gasteiger charge is 2.23. The topological polar surface area (TPSA) is 12.0 Å². The second-order valence-corrected chi connectivity index (χ2v) is 6.52. The highest BCUT2D eigenvalue weighted by molar-refractivity contribution is 9.10. The molecule has 0 saturated carbocycles. The molecule has 4 heteroatoms. The summed E-state index contributed by atoms with van der Waals surface area (Å²) < 4.78 is 27.7. The van der Waals surface area contributed by atoms with E-state index >= 15 is 0 Å². The molecule has 0 bridgehead atoms. The zero-order valence-corrected chi connectivity index (χ0v) is 12.9. The second-order valence-electron chi connectivity index (χ2n) is 5.66. The van der Waals surface area contributed by atoms with Crippen LogP contribution in [0.4, 0.5) is 8.78 Å². The minimum atomic E-state index is -0.428. The molecule has 0 radical (unpaired) electrons. The standard InChI is InChI=1S/C14H20BrF2N/c1-5-18-13(8-14(2,3)4)9-6-12(17)10(15)7-11(9)16/h6-7,13,18H,5,8H2,1-4H3. The Kier molecular flexibility index (Phi) is 5.29. The van der Waals surface area contributed by atoms with Crippen molar-refractivity contribution in [2.75, 3.05) is 6.54 Å². The van der Waals surface area contributed by atoms with Crippen LogP contribution in [0.5, 0.6) is 0 Å². The summed E-state index contributed by atoms with van der Waals surface area (Å²) in [6, 6.07) is 2.30. The Bertz CT molecular complexity index is 413. The van der Waals surface area contributed by atoms with Crippen molar-refractivity contribution >= 4 is 15.9 Å². The number of hydrogen-bond acceptors (Lipinski definition) is 1. The van der Waals surface area contributed by atoms with E-state index in [0.717, 1.165) is 13.0 Å². The van der Waals surface area contributed by atoms with Crippen LogP contribution in [0.1, 0.15) is 45.7 Å². The number of hydrogen-bond donors (Lipinski definition) is 1. The Morgan fingerprint density at radius 3 is 2.33 bits per heavy atom. The molecule has 0 spiro atoms. The van der Waals surface area contributed by atoms with Crippen molar-refractivity contribution in [3.05, 3.63) is 33.8 Å². The van der Waals surface area contributed by atoms with Crippen LogP contribution < -0.4 is 5.32 Å². The third-order valence-corrected chi connectivity index (χ3v) is 3.29. The first-order valence-corrected chi connectivity index (χ1v) is 6.91. The zero-order chi connectivity index (χ0) is 13.9. The van der Waals surface area contributed by atoms with Gasteiger partial charge < -0.3 is 5.32 Å². The van der Waals surface area contributed by atoms with Gasteiger partial charge in [0, 0.05) is 11.6 Å². The maximum absolute atomic E-state index is 13.9. The first-order valence-electron chi connectivity index (χ1n) is 6.12. The van der Waals surface area contributed by atoms with Crippen LogP contribution in [0.2, 0.25) is 0 Å². The van der Waals surface area contributed by atoms with Crippen LogP contribution in [0.25, 0.3) is 0 Å². The van der Waals surface area contributed by atoms with Crippen LogP contribution in [0, 0.1) is 17.0 Å². The van der Waals surface area contributed by atoms with E-state index in [9.17, 15) is 8.78 Å². The molecule has 18 heavy (non-hydrogen) atoms. The molecule has 0 fully saturated rings. The number of rotatable bonds is 4. The summed E-state index contributed by atoms with van der Waals surface area (Å²) in [6.45, 7) is 8.94. The molecule has 0 aliphatic rings. The molecular formula is C14H20BrF2N. The van der Waals surface area contributed by atoms with Gasteiger partial charge >= 0.3 is 0 Å². The Morgan fingerprint density at radius 1 is 1.22 bits per heavy atom. The molecule has 1 atom stereocenters. The molecule has 0 aromatic heterocycles. The molecule has 1 aromatic rings. The highest BCUT2D eigenvalue weighted by Crippen LogP contribution is 2.32. The lowest BCUT2D eigenvalue weighted by molar-refractivity contribution is 0.309. The third-order valence-electron chi connectivity index (χ3n) is 2.68. The van der Waals surface area contributed by atoms with Crippen LogP contribution in [-0.2, 0) is 0 Å². The summed E-state index contributed by atoms with van der Waals surface area (Å²) in [7, 11) is 0. The van der Waals surface area contributed by atoms with Crippen LogP contribution in [0.15, 0.2) is 16.6 Å². The molecule has 0 amide bonds. The van der Waals surface area contributed by atoms with Gasteiger partial charge in [0.15, 0.2) is 0 Å². The Balaban J connectivity index is 3.09. The van der Waals surface area contributed by atoms with E-state index in [0.29, 0.717) is 5.56 Å². The number of halogens is 3. The summed E-state index contributed by atoms with van der Waals surface area (Å²) in [5, 5.41) is 3.22. The minimum Gasteiger partial charge on any atom is -0.310 e. The van der Waals surface area contributed by atoms with Gasteiger partial charge in [0.25, 0.3) is 0 Å². The Hall–Kier alpha value is -0.480. The lowest BCUT2D eigenvalue weighted by Gasteiger charge is -2.27. The van der Waals surface area contributed by atoms with Crippen molar-refractivity contribution < 1.29 is 8.78 Å². The summed E-state index contributed by atoms with van der Waals surface area (Å²) in [4.78, 5) is 0. The number of nitrogens with one attached hydrogen (secondary N) is 1. The molecule has 1 N–H and O–H groups in total. The van der Waals surface area contributed by atoms with Crippen LogP contribution in [0.3, 0.4) is 0 Å². The average molecular weight is 320 g/mol. The van der Waals surface area contributed by atoms with Crippen molar-refractivity contribution in [3.63, 3.8) is 0 Å². The lowest BCUT2D eigenvalue weighted by Crippen LogP contribution is -2.26. The fourth-order valence-corrected chi connectivity index (χ4v) is 2.27. The first kappa shape index (κ1) is 15.6. The molecule has 1 unspecified atom stereocenters. The molecule has 1 nitrogen and oxygen atoms in total. The maximum Gasteiger partial charge on any atom is 0.137 e. The van der Waals surface area contributed by atoms with E-state index in [-0.39, 0.29) is 21.7 Å². The van der Waals surface area contributed by atoms with Crippen molar-refractivity contribution in [2.24, 2.45) is 5.41 Å². The predicted molar refractivity (Wildman–Crippen MR) is 74.5 cm³/mol. The average Bonchev–Trinajstić information content (AvgIpc) is 2.21. The van der Waals surface area contributed by atoms with Gasteiger partial charge in [-0.2, -0.15) is 0 Å². The molecule has 0 saturated heterocycles. The van der Waals surface area contributed by atoms with Gasteiger partial charge in [-0.3, -0.25) is 0 Å². The van der Waals surface area contributed by atoms with Gasteiger partial charge in [0.2, 0.25) is 0 Å². The van der Waals surface area contributed by atoms with Gasteiger partial charge in [0.1, 0.15) is 11.6 Å². The molecule has 1 rings (SSSR count). The van der Waals surface area contributed by atoms with E-state index in [1.165, 1.54) is 12.1 Å². The summed E-state index contributed by atoms with van der Waals surface area (Å²) in [5.74, 6) is -0.804. The van der Waals surface area contributed by atoms with Crippen molar-refractivity contribution in [1.29, 1.82) is 0 Å². The van der Waals surface area contributed by atoms with Crippen molar-refractivity contribution in [2.45, 2.75) is 40.2 Å². The monoisotopic (exact) mass is 319 g/mol. The van der Waals surface area contributed by atoms with Crippen LogP contribution >= 0.6 is 15.9 Å². The van der Waals surface area contributed by atoms with E-state index in [4.69, 9.17) is 0 Å². The fourth-order valence-electron chi connectivity index (χ4n) is 1.96. The van der Waals surface area contributed by atoms with E-state index in [2.05, 4.69) is 42.0 Å². The first-order chi connectivity index (χ1) is 8.24. The normalized spacial score (nSPS) is 13.7. The number of benzene rings is 1. The second kappa shape index (κ2) is 6.11. The molecular weight excluding hydrogens is 300 g/mol. The smallest absolute Gasteiger partial charge is 0.137 e. The van der Waals surface area contributed by atoms with Crippen molar-refractivity contribution in [1.82, 2.24) is 5.32 Å². The quantitative estimate of drug-likeness (QED) is 0.785. The van der Waals surface area contributed by atoms with Crippen molar-refractivity contribution in [3.8, 4) is 0 Å². The summed E-state index contributed by atoms with van der Waals surface area (Å²) >= 11 is 2.99. The van der Waals surface area contributed by atoms with Gasteiger partial charge in [-0.15, -0.1) is 0 Å². The molecule has 0 aliphatic carbocycles. The molecule has 0 heterocycles. The zero-order valence-electron chi connectivity index (χ0n) is 11.3. The minimum absolute atomic E-state index is 0.0445. The molecule has 0 aliphatic heterocycles. The lowest BCUT2D eigenvalue weighted by atomic mass is 9.85. The molecule has 102 valence electrons. The summed E-state index contributed by atoms with van der Waals surface area (Å²) in [6.07, 6.45) is 0.749. The maximum atomic E-state index is 13.9. The SMILES string of the molecule is CCNC(CC(C)(C)C)c1cc(F)c(Br)cc1F. The van der Waals surface area contributed by atoms with Gasteiger partial charge in [0.05, 0.1) is 4.47 Å². The Labute approximate surface area is 116 Å². The van der Waals surface area contributed by atoms with Gasteiger partial charge in [-0.25, -0.2) is 8.78 Å². The van der Waals surface area contributed by atoms with Gasteiger partial charge in [-0.1, -0.05) is 27.7 Å². The van der Waals surface area contributed by atoms with E-state index in [1.807, 2.05) is 6.92 Å². The Morgan fingerprint density at radius 2 is 1.83 bits per heavy atom. The largest absolute Gasteiger partial charge is 0.310 e. The van der Waals surface area contributed by atoms with Gasteiger partial charge in [-0.05, 0) is 46.4 Å².